The molecule has 0 aromatic heterocycles. The molecule has 1 fully saturated rings. The molecule has 1 saturated heterocycles. The number of halogens is 1. The van der Waals surface area contributed by atoms with Crippen molar-refractivity contribution in [1.29, 1.82) is 0 Å². The highest BCUT2D eigenvalue weighted by atomic mass is 127. The molecule has 1 atom stereocenters. The van der Waals surface area contributed by atoms with Crippen LogP contribution >= 0.6 is 24.0 Å². The van der Waals surface area contributed by atoms with Crippen molar-refractivity contribution in [3.63, 3.8) is 0 Å². The predicted octanol–water partition coefficient (Wildman–Crippen LogP) is 0.981. The fraction of sp³-hybridized carbons (Fsp3) is 0.786. The van der Waals surface area contributed by atoms with E-state index in [0.717, 1.165) is 32.1 Å². The molecule has 5 nitrogen and oxygen atoms in total. The lowest BCUT2D eigenvalue weighted by molar-refractivity contribution is 0.107. The molecule has 1 heterocycles. The van der Waals surface area contributed by atoms with Crippen molar-refractivity contribution >= 4 is 29.9 Å². The fourth-order valence-electron chi connectivity index (χ4n) is 2.28. The van der Waals surface area contributed by atoms with E-state index in [1.165, 1.54) is 19.6 Å². The molecule has 0 bridgehead atoms. The van der Waals surface area contributed by atoms with E-state index >= 15 is 0 Å². The molecule has 20 heavy (non-hydrogen) atoms. The average molecular weight is 395 g/mol. The number of hydrogen-bond donors (Lipinski definition) is 2. The first-order valence-electron chi connectivity index (χ1n) is 7.23. The van der Waals surface area contributed by atoms with Gasteiger partial charge in [0.1, 0.15) is 0 Å². The van der Waals surface area contributed by atoms with Crippen molar-refractivity contribution in [3.8, 4) is 0 Å². The topological polar surface area (TPSA) is 42.9 Å². The number of hydrogen-bond acceptors (Lipinski definition) is 3. The molecule has 1 aliphatic rings. The van der Waals surface area contributed by atoms with Gasteiger partial charge in [0.15, 0.2) is 5.96 Å². The van der Waals surface area contributed by atoms with Crippen LogP contribution in [0.15, 0.2) is 17.6 Å². The first-order chi connectivity index (χ1) is 9.21. The quantitative estimate of drug-likeness (QED) is 0.305. The maximum absolute atomic E-state index is 4.19. The smallest absolute Gasteiger partial charge is 0.191 e. The van der Waals surface area contributed by atoms with Gasteiger partial charge in [-0.25, -0.2) is 0 Å². The van der Waals surface area contributed by atoms with Gasteiger partial charge in [-0.2, -0.15) is 0 Å². The van der Waals surface area contributed by atoms with Gasteiger partial charge in [-0.3, -0.25) is 9.89 Å². The van der Waals surface area contributed by atoms with Gasteiger partial charge in [0, 0.05) is 52.4 Å². The molecule has 0 aliphatic carbocycles. The van der Waals surface area contributed by atoms with Crippen molar-refractivity contribution in [2.24, 2.45) is 4.99 Å². The van der Waals surface area contributed by atoms with Gasteiger partial charge in [-0.05, 0) is 13.5 Å². The van der Waals surface area contributed by atoms with Crippen molar-refractivity contribution in [3.05, 3.63) is 12.7 Å². The molecule has 0 saturated carbocycles. The number of rotatable bonds is 6. The van der Waals surface area contributed by atoms with Crippen LogP contribution in [0, 0.1) is 0 Å². The van der Waals surface area contributed by atoms with Gasteiger partial charge < -0.3 is 15.5 Å². The Morgan fingerprint density at radius 1 is 1.30 bits per heavy atom. The van der Waals surface area contributed by atoms with E-state index < -0.39 is 0 Å². The zero-order valence-electron chi connectivity index (χ0n) is 13.1. The second kappa shape index (κ2) is 11.3. The lowest BCUT2D eigenvalue weighted by atomic mass is 10.2. The van der Waals surface area contributed by atoms with E-state index in [0.29, 0.717) is 6.04 Å². The van der Waals surface area contributed by atoms with Crippen LogP contribution in [-0.2, 0) is 0 Å². The highest BCUT2D eigenvalue weighted by Crippen LogP contribution is 2.05. The van der Waals surface area contributed by atoms with Crippen LogP contribution in [0.4, 0.5) is 0 Å². The summed E-state index contributed by atoms with van der Waals surface area (Å²) in [4.78, 5) is 9.23. The highest BCUT2D eigenvalue weighted by Gasteiger charge is 2.19. The van der Waals surface area contributed by atoms with Gasteiger partial charge in [0.05, 0.1) is 0 Å². The summed E-state index contributed by atoms with van der Waals surface area (Å²) >= 11 is 0. The van der Waals surface area contributed by atoms with Gasteiger partial charge in [-0.15, -0.1) is 30.6 Å². The molecule has 2 N–H and O–H groups in total. The van der Waals surface area contributed by atoms with Gasteiger partial charge >= 0.3 is 0 Å². The van der Waals surface area contributed by atoms with Gasteiger partial charge in [0.2, 0.25) is 0 Å². The summed E-state index contributed by atoms with van der Waals surface area (Å²) in [5, 5.41) is 6.55. The third kappa shape index (κ3) is 6.90. The van der Waals surface area contributed by atoms with E-state index in [-0.39, 0.29) is 24.0 Å². The normalized spacial score (nSPS) is 19.1. The largest absolute Gasteiger partial charge is 0.355 e. The lowest BCUT2D eigenvalue weighted by Gasteiger charge is -2.37. The zero-order chi connectivity index (χ0) is 14.1. The molecular weight excluding hydrogens is 365 g/mol. The Morgan fingerprint density at radius 3 is 2.45 bits per heavy atom. The number of nitrogens with one attached hydrogen (secondary N) is 2. The van der Waals surface area contributed by atoms with Crippen LogP contribution in [0.1, 0.15) is 13.8 Å². The Morgan fingerprint density at radius 2 is 1.95 bits per heavy atom. The van der Waals surface area contributed by atoms with Crippen molar-refractivity contribution in [2.75, 3.05) is 52.9 Å². The Balaban J connectivity index is 0.00000361. The number of piperazine rings is 1. The predicted molar refractivity (Wildman–Crippen MR) is 98.1 cm³/mol. The number of likely N-dealkylation sites (N-methyl/N-ethyl adjacent to an activating group) is 1. The average Bonchev–Trinajstić information content (AvgIpc) is 2.47. The molecule has 1 rings (SSSR count). The zero-order valence-corrected chi connectivity index (χ0v) is 15.4. The Kier molecular flexibility index (Phi) is 11.1. The van der Waals surface area contributed by atoms with Gasteiger partial charge in [0.25, 0.3) is 0 Å². The van der Waals surface area contributed by atoms with Crippen molar-refractivity contribution in [1.82, 2.24) is 20.4 Å². The summed E-state index contributed by atoms with van der Waals surface area (Å²) in [6, 6.07) is 0.529. The monoisotopic (exact) mass is 395 g/mol. The lowest BCUT2D eigenvalue weighted by Crippen LogP contribution is -2.53. The van der Waals surface area contributed by atoms with Crippen molar-refractivity contribution in [2.45, 2.75) is 19.9 Å². The minimum absolute atomic E-state index is 0. The first kappa shape index (κ1) is 19.7. The second-order valence-corrected chi connectivity index (χ2v) is 4.94. The second-order valence-electron chi connectivity index (χ2n) is 4.94. The Bertz CT molecular complexity index is 287. The molecule has 0 aromatic carbocycles. The maximum atomic E-state index is 4.19. The number of nitrogens with zero attached hydrogens (tertiary/aromatic N) is 3. The molecule has 118 valence electrons. The van der Waals surface area contributed by atoms with E-state index in [1.54, 1.807) is 7.05 Å². The standard InChI is InChI=1S/C14H29N5.HI/c1-5-7-16-14(15-4)17-12-13(3)19-10-8-18(6-2)9-11-19;/h5,13H,1,6-12H2,2-4H3,(H2,15,16,17);1H. The number of aliphatic imine (C=N–C) groups is 1. The molecule has 0 amide bonds. The summed E-state index contributed by atoms with van der Waals surface area (Å²) in [6.45, 7) is 15.7. The number of guanidine groups is 1. The van der Waals surface area contributed by atoms with Crippen molar-refractivity contribution < 1.29 is 0 Å². The van der Waals surface area contributed by atoms with E-state index in [2.05, 4.69) is 45.9 Å². The molecular formula is C14H30IN5. The minimum Gasteiger partial charge on any atom is -0.355 e. The molecule has 0 spiro atoms. The Hall–Kier alpha value is -0.340. The third-order valence-corrected chi connectivity index (χ3v) is 3.68. The highest BCUT2D eigenvalue weighted by molar-refractivity contribution is 14.0. The molecule has 0 radical (unpaired) electrons. The van der Waals surface area contributed by atoms with Crippen LogP contribution in [0.5, 0.6) is 0 Å². The molecule has 1 aliphatic heterocycles. The van der Waals surface area contributed by atoms with Crippen LogP contribution in [0.3, 0.4) is 0 Å². The summed E-state index contributed by atoms with van der Waals surface area (Å²) in [5.41, 5.74) is 0. The van der Waals surface area contributed by atoms with Crippen LogP contribution in [0.2, 0.25) is 0 Å². The van der Waals surface area contributed by atoms with Crippen LogP contribution in [-0.4, -0.2) is 74.7 Å². The maximum Gasteiger partial charge on any atom is 0.191 e. The third-order valence-electron chi connectivity index (χ3n) is 3.68. The summed E-state index contributed by atoms with van der Waals surface area (Å²) in [7, 11) is 1.79. The van der Waals surface area contributed by atoms with E-state index in [4.69, 9.17) is 0 Å². The van der Waals surface area contributed by atoms with Crippen LogP contribution in [0.25, 0.3) is 0 Å². The summed E-state index contributed by atoms with van der Waals surface area (Å²) in [6.07, 6.45) is 1.83. The van der Waals surface area contributed by atoms with E-state index in [1.807, 2.05) is 6.08 Å². The summed E-state index contributed by atoms with van der Waals surface area (Å²) in [5.74, 6) is 0.846. The molecule has 0 aromatic rings. The Labute approximate surface area is 140 Å². The minimum atomic E-state index is 0. The summed E-state index contributed by atoms with van der Waals surface area (Å²) < 4.78 is 0. The molecule has 1 unspecified atom stereocenters. The SMILES string of the molecule is C=CCNC(=NC)NCC(C)N1CCN(CC)CC1.I. The fourth-order valence-corrected chi connectivity index (χ4v) is 2.28. The van der Waals surface area contributed by atoms with Gasteiger partial charge in [-0.1, -0.05) is 13.0 Å². The van der Waals surface area contributed by atoms with E-state index in [9.17, 15) is 0 Å². The molecule has 6 heteroatoms. The van der Waals surface area contributed by atoms with Crippen LogP contribution < -0.4 is 10.6 Å². The first-order valence-corrected chi connectivity index (χ1v) is 7.23.